The first-order chi connectivity index (χ1) is 33.3. The van der Waals surface area contributed by atoms with Gasteiger partial charge in [0, 0.05) is 12.5 Å². The summed E-state index contributed by atoms with van der Waals surface area (Å²) in [5.74, 6) is 0.0668. The normalized spacial score (nSPS) is 42.6. The molecule has 1 aromatic heterocycles. The van der Waals surface area contributed by atoms with Gasteiger partial charge in [-0.15, -0.1) is 5.10 Å². The number of nitrogens with zero attached hydrogens (tertiary/aromatic N) is 3. The quantitative estimate of drug-likeness (QED) is 0.0743. The molecule has 6 fully saturated rings. The standard InChI is InChI=1S/C54H78N4O13/c1-29(59)31-10-12-33(13-11-31)58-25-32(56-57-58)26-69-48(66)54-22-20-49(3,4)24-35(54)34-14-15-39-51(7)18-17-40(50(5,6)38(51)16-19-53(39,9)52(34,8)21-23-54)71-46-41(55-30(2)60)44(64)43(63)37(70-46)28-68-47-45(65)42(62)36(61)27-67-47/h10-14,25,35-47,61-65H,15-24,26-28H2,1-9H3,(H,55,60)/t35-,36-,37+,38-,39+,40-,41+,42-,43+,44+,45-,46-,47-,51-,52+,53+,54-/m0/s1. The van der Waals surface area contributed by atoms with Crippen LogP contribution in [0.15, 0.2) is 42.1 Å². The fraction of sp³-hybridized carbons (Fsp3) is 0.759. The number of Topliss-reactive ketones (excluding diaryl/α,β-unsaturated/α-hetero) is 1. The van der Waals surface area contributed by atoms with Crippen LogP contribution in [0.4, 0.5) is 0 Å². The third-order valence-corrected chi connectivity index (χ3v) is 19.7. The average molecular weight is 991 g/mol. The van der Waals surface area contributed by atoms with Gasteiger partial charge in [0.05, 0.1) is 36.6 Å². The fourth-order valence-corrected chi connectivity index (χ4v) is 15.3. The molecule has 0 radical (unpaired) electrons. The molecule has 0 bridgehead atoms. The van der Waals surface area contributed by atoms with Crippen LogP contribution in [-0.2, 0) is 39.9 Å². The van der Waals surface area contributed by atoms with E-state index in [0.717, 1.165) is 63.5 Å². The molecule has 6 N–H and O–H groups in total. The first-order valence-corrected chi connectivity index (χ1v) is 26.0. The largest absolute Gasteiger partial charge is 0.459 e. The Morgan fingerprint density at radius 3 is 2.25 bits per heavy atom. The van der Waals surface area contributed by atoms with Gasteiger partial charge in [-0.2, -0.15) is 0 Å². The minimum atomic E-state index is -1.55. The van der Waals surface area contributed by atoms with Crippen LogP contribution in [0.3, 0.4) is 0 Å². The van der Waals surface area contributed by atoms with E-state index in [1.165, 1.54) is 19.4 Å². The number of aliphatic hydroxyl groups is 5. The van der Waals surface area contributed by atoms with Gasteiger partial charge in [-0.25, -0.2) is 4.68 Å². The lowest BCUT2D eigenvalue weighted by molar-refractivity contribution is -0.322. The van der Waals surface area contributed by atoms with E-state index in [2.05, 4.69) is 70.2 Å². The van der Waals surface area contributed by atoms with E-state index < -0.39 is 66.6 Å². The monoisotopic (exact) mass is 991 g/mol. The number of ether oxygens (including phenoxy) is 5. The predicted molar refractivity (Wildman–Crippen MR) is 257 cm³/mol. The Morgan fingerprint density at radius 1 is 0.831 bits per heavy atom. The first-order valence-electron chi connectivity index (χ1n) is 26.0. The van der Waals surface area contributed by atoms with E-state index in [1.807, 2.05) is 12.1 Å². The summed E-state index contributed by atoms with van der Waals surface area (Å²) in [5, 5.41) is 64.6. The van der Waals surface area contributed by atoms with E-state index in [1.54, 1.807) is 23.0 Å². The van der Waals surface area contributed by atoms with Crippen LogP contribution in [0.25, 0.3) is 5.69 Å². The molecule has 17 heteroatoms. The van der Waals surface area contributed by atoms with Crippen molar-refractivity contribution in [2.75, 3.05) is 13.2 Å². The Hall–Kier alpha value is -3.65. The van der Waals surface area contributed by atoms with Crippen molar-refractivity contribution in [3.05, 3.63) is 53.4 Å². The van der Waals surface area contributed by atoms with Gasteiger partial charge in [-0.05, 0) is 140 Å². The number of esters is 1. The van der Waals surface area contributed by atoms with Gasteiger partial charge in [-0.3, -0.25) is 14.4 Å². The van der Waals surface area contributed by atoms with E-state index >= 15 is 0 Å². The van der Waals surface area contributed by atoms with Gasteiger partial charge in [0.15, 0.2) is 18.4 Å². The molecule has 4 saturated carbocycles. The Morgan fingerprint density at radius 2 is 1.55 bits per heavy atom. The number of hydrogen-bond donors (Lipinski definition) is 6. The molecule has 0 spiro atoms. The zero-order valence-corrected chi connectivity index (χ0v) is 43.0. The number of amides is 1. The van der Waals surface area contributed by atoms with Crippen molar-refractivity contribution >= 4 is 17.7 Å². The second kappa shape index (κ2) is 18.9. The fourth-order valence-electron chi connectivity index (χ4n) is 15.3. The second-order valence-corrected chi connectivity index (χ2v) is 24.5. The number of aromatic nitrogens is 3. The lowest BCUT2D eigenvalue weighted by Crippen LogP contribution is -2.67. The van der Waals surface area contributed by atoms with Crippen molar-refractivity contribution in [2.45, 2.75) is 194 Å². The van der Waals surface area contributed by atoms with Gasteiger partial charge in [0.1, 0.15) is 55.0 Å². The Kier molecular flexibility index (Phi) is 13.9. The van der Waals surface area contributed by atoms with Crippen LogP contribution in [-0.4, -0.2) is 133 Å². The summed E-state index contributed by atoms with van der Waals surface area (Å²) in [7, 11) is 0. The van der Waals surface area contributed by atoms with Crippen LogP contribution in [0.1, 0.15) is 143 Å². The molecule has 7 aliphatic rings. The SMILES string of the molecule is CC(=O)N[C@H]1[C@H](O[C@H]2CC[C@]3(C)[C@H]4CC=C5[C@@H]6CC(C)(C)CC[C@]6(C(=O)OCc6cn(-c7ccc(C(C)=O)cc7)nn6)CC[C@@]5(C)[C@]4(C)CC[C@H]3C2(C)C)O[C@H](CO[C@@H]2OC[C@H](O)[C@H](O)[C@@H]2O)[C@@H](O)[C@@H]1O. The molecule has 17 atom stereocenters. The predicted octanol–water partition coefficient (Wildman–Crippen LogP) is 5.11. The summed E-state index contributed by atoms with van der Waals surface area (Å²) in [6.45, 7) is 19.0. The van der Waals surface area contributed by atoms with E-state index in [-0.39, 0.29) is 76.6 Å². The van der Waals surface area contributed by atoms with Crippen molar-refractivity contribution < 1.29 is 63.6 Å². The first kappa shape index (κ1) is 52.2. The minimum Gasteiger partial charge on any atom is -0.459 e. The maximum absolute atomic E-state index is 14.8. The molecule has 392 valence electrons. The lowest BCUT2D eigenvalue weighted by Gasteiger charge is -2.71. The van der Waals surface area contributed by atoms with E-state index in [9.17, 15) is 39.9 Å². The summed E-state index contributed by atoms with van der Waals surface area (Å²) in [4.78, 5) is 39.1. The molecule has 2 saturated heterocycles. The highest BCUT2D eigenvalue weighted by Gasteiger charge is 2.70. The third-order valence-electron chi connectivity index (χ3n) is 19.7. The zero-order valence-electron chi connectivity index (χ0n) is 43.0. The second-order valence-electron chi connectivity index (χ2n) is 24.5. The third kappa shape index (κ3) is 8.94. The molecule has 0 unspecified atom stereocenters. The molecule has 9 rings (SSSR count). The summed E-state index contributed by atoms with van der Waals surface area (Å²) >= 11 is 0. The number of benzene rings is 1. The summed E-state index contributed by atoms with van der Waals surface area (Å²) in [5.41, 5.74) is 2.14. The molecule has 1 amide bonds. The van der Waals surface area contributed by atoms with Crippen LogP contribution >= 0.6 is 0 Å². The average Bonchev–Trinajstić information content (AvgIpc) is 3.80. The van der Waals surface area contributed by atoms with Gasteiger partial charge < -0.3 is 54.5 Å². The van der Waals surface area contributed by atoms with Crippen LogP contribution in [0.5, 0.6) is 0 Å². The van der Waals surface area contributed by atoms with Crippen molar-refractivity contribution in [2.24, 2.45) is 50.2 Å². The number of fused-ring (bicyclic) bond motifs is 7. The maximum Gasteiger partial charge on any atom is 0.313 e. The maximum atomic E-state index is 14.8. The van der Waals surface area contributed by atoms with Gasteiger partial charge in [0.25, 0.3) is 0 Å². The Balaban J connectivity index is 0.919. The number of hydrogen-bond acceptors (Lipinski definition) is 15. The van der Waals surface area contributed by atoms with E-state index in [0.29, 0.717) is 23.6 Å². The number of carbonyl (C=O) groups excluding carboxylic acids is 3. The Bertz CT molecular complexity index is 2350. The number of nitrogens with one attached hydrogen (secondary N) is 1. The number of aliphatic hydroxyl groups excluding tert-OH is 5. The zero-order chi connectivity index (χ0) is 51.2. The van der Waals surface area contributed by atoms with Crippen molar-refractivity contribution in [3.8, 4) is 5.69 Å². The molecule has 17 nitrogen and oxygen atoms in total. The molecule has 5 aliphatic carbocycles. The van der Waals surface area contributed by atoms with Gasteiger partial charge in [-0.1, -0.05) is 65.3 Å². The van der Waals surface area contributed by atoms with Gasteiger partial charge >= 0.3 is 5.97 Å². The number of allylic oxidation sites excluding steroid dienone is 2. The Labute approximate surface area is 417 Å². The van der Waals surface area contributed by atoms with E-state index in [4.69, 9.17) is 23.7 Å². The summed E-state index contributed by atoms with van der Waals surface area (Å²) < 4.78 is 32.3. The van der Waals surface area contributed by atoms with Crippen molar-refractivity contribution in [1.82, 2.24) is 20.3 Å². The molecular weight excluding hydrogens is 913 g/mol. The van der Waals surface area contributed by atoms with Crippen LogP contribution in [0, 0.1) is 50.2 Å². The highest BCUT2D eigenvalue weighted by atomic mass is 16.7. The number of ketones is 1. The van der Waals surface area contributed by atoms with Crippen molar-refractivity contribution in [1.29, 1.82) is 0 Å². The highest BCUT2D eigenvalue weighted by molar-refractivity contribution is 5.94. The smallest absolute Gasteiger partial charge is 0.313 e. The van der Waals surface area contributed by atoms with Crippen molar-refractivity contribution in [3.63, 3.8) is 0 Å². The number of carbonyl (C=O) groups is 3. The molecule has 2 aliphatic heterocycles. The van der Waals surface area contributed by atoms with Gasteiger partial charge in [0.2, 0.25) is 5.91 Å². The molecular formula is C54H78N4O13. The molecule has 1 aromatic carbocycles. The molecule has 2 aromatic rings. The molecule has 3 heterocycles. The molecule has 71 heavy (non-hydrogen) atoms. The van der Waals surface area contributed by atoms with Crippen LogP contribution < -0.4 is 5.32 Å². The summed E-state index contributed by atoms with van der Waals surface area (Å²) in [6, 6.07) is 6.07. The lowest BCUT2D eigenvalue weighted by atomic mass is 9.33. The highest BCUT2D eigenvalue weighted by Crippen LogP contribution is 2.76. The topological polar surface area (TPSA) is 241 Å². The summed E-state index contributed by atoms with van der Waals surface area (Å²) in [6.07, 6.45) is 1.75. The number of rotatable bonds is 11. The van der Waals surface area contributed by atoms with Crippen LogP contribution in [0.2, 0.25) is 0 Å². The minimum absolute atomic E-state index is 0.0116.